The zero-order chi connectivity index (χ0) is 15.3. The average Bonchev–Trinajstić information content (AvgIpc) is 2.38. The number of carboxylic acids is 1. The highest BCUT2D eigenvalue weighted by molar-refractivity contribution is 6.31. The lowest BCUT2D eigenvalue weighted by atomic mass is 9.94. The molecule has 0 aliphatic rings. The van der Waals surface area contributed by atoms with Crippen molar-refractivity contribution in [3.8, 4) is 5.75 Å². The summed E-state index contributed by atoms with van der Waals surface area (Å²) in [5.41, 5.74) is -0.428. The van der Waals surface area contributed by atoms with E-state index >= 15 is 0 Å². The van der Waals surface area contributed by atoms with Crippen molar-refractivity contribution in [2.75, 3.05) is 13.7 Å². The van der Waals surface area contributed by atoms with Gasteiger partial charge in [0.25, 0.3) is 0 Å². The molecule has 20 heavy (non-hydrogen) atoms. The molecule has 0 aromatic heterocycles. The van der Waals surface area contributed by atoms with Crippen LogP contribution in [0.25, 0.3) is 0 Å². The van der Waals surface area contributed by atoms with Gasteiger partial charge in [-0.05, 0) is 26.0 Å². The minimum Gasteiger partial charge on any atom is -0.496 e. The van der Waals surface area contributed by atoms with Crippen molar-refractivity contribution in [3.63, 3.8) is 0 Å². The summed E-state index contributed by atoms with van der Waals surface area (Å²) < 4.78 is 5.15. The van der Waals surface area contributed by atoms with Gasteiger partial charge in [0.1, 0.15) is 5.75 Å². The number of benzene rings is 1. The number of methoxy groups -OCH3 is 1. The molecule has 0 saturated carbocycles. The number of rotatable bonds is 6. The Labute approximate surface area is 122 Å². The van der Waals surface area contributed by atoms with Gasteiger partial charge in [-0.25, -0.2) is 0 Å². The predicted octanol–water partition coefficient (Wildman–Crippen LogP) is 2.12. The van der Waals surface area contributed by atoms with Crippen molar-refractivity contribution in [3.05, 3.63) is 28.8 Å². The molecule has 110 valence electrons. The Morgan fingerprint density at radius 2 is 2.05 bits per heavy atom. The van der Waals surface area contributed by atoms with E-state index in [0.717, 1.165) is 0 Å². The highest BCUT2D eigenvalue weighted by atomic mass is 35.5. The molecule has 0 radical (unpaired) electrons. The molecule has 1 aromatic carbocycles. The van der Waals surface area contributed by atoms with Gasteiger partial charge in [-0.3, -0.25) is 9.59 Å². The monoisotopic (exact) mass is 299 g/mol. The topological polar surface area (TPSA) is 75.6 Å². The fraction of sp³-hybridized carbons (Fsp3) is 0.429. The molecule has 1 amide bonds. The Morgan fingerprint density at radius 1 is 1.40 bits per heavy atom. The quantitative estimate of drug-likeness (QED) is 0.843. The first-order valence-electron chi connectivity index (χ1n) is 6.09. The number of ether oxygens (including phenoxy) is 1. The molecule has 0 heterocycles. The van der Waals surface area contributed by atoms with Crippen LogP contribution in [-0.2, 0) is 16.0 Å². The number of carboxylic acid groups (broad SMARTS) is 1. The minimum atomic E-state index is -1.01. The number of hydrogen-bond acceptors (Lipinski definition) is 3. The second-order valence-electron chi connectivity index (χ2n) is 5.06. The number of carbonyl (C=O) groups excluding carboxylic acids is 1. The van der Waals surface area contributed by atoms with E-state index in [1.807, 2.05) is 0 Å². The number of amides is 1. The summed E-state index contributed by atoms with van der Waals surface area (Å²) in [5.74, 6) is -0.732. The molecule has 0 bridgehead atoms. The number of aliphatic carboxylic acids is 1. The highest BCUT2D eigenvalue weighted by Crippen LogP contribution is 2.26. The Morgan fingerprint density at radius 3 is 2.60 bits per heavy atom. The zero-order valence-electron chi connectivity index (χ0n) is 11.7. The fourth-order valence-electron chi connectivity index (χ4n) is 1.52. The van der Waals surface area contributed by atoms with Gasteiger partial charge in [0.15, 0.2) is 0 Å². The van der Waals surface area contributed by atoms with E-state index in [2.05, 4.69) is 5.32 Å². The van der Waals surface area contributed by atoms with E-state index in [0.29, 0.717) is 16.3 Å². The zero-order valence-corrected chi connectivity index (χ0v) is 12.5. The van der Waals surface area contributed by atoms with Gasteiger partial charge in [0.2, 0.25) is 5.91 Å². The van der Waals surface area contributed by atoms with Crippen LogP contribution in [0.2, 0.25) is 5.02 Å². The first-order chi connectivity index (χ1) is 9.27. The maximum atomic E-state index is 11.9. The van der Waals surface area contributed by atoms with Crippen molar-refractivity contribution < 1.29 is 19.4 Å². The van der Waals surface area contributed by atoms with Crippen LogP contribution in [0.1, 0.15) is 19.4 Å². The van der Waals surface area contributed by atoms with E-state index in [1.54, 1.807) is 32.0 Å². The van der Waals surface area contributed by atoms with Gasteiger partial charge in [-0.15, -0.1) is 0 Å². The van der Waals surface area contributed by atoms with Gasteiger partial charge in [0, 0.05) is 17.1 Å². The van der Waals surface area contributed by atoms with E-state index in [9.17, 15) is 9.59 Å². The summed E-state index contributed by atoms with van der Waals surface area (Å²) >= 11 is 6.04. The largest absolute Gasteiger partial charge is 0.496 e. The summed E-state index contributed by atoms with van der Waals surface area (Å²) in [7, 11) is 1.50. The lowest BCUT2D eigenvalue weighted by Crippen LogP contribution is -2.39. The van der Waals surface area contributed by atoms with Crippen LogP contribution in [0.3, 0.4) is 0 Å². The van der Waals surface area contributed by atoms with Crippen molar-refractivity contribution in [1.29, 1.82) is 0 Å². The third-order valence-corrected chi connectivity index (χ3v) is 3.29. The molecule has 0 aliphatic heterocycles. The number of carbonyl (C=O) groups is 2. The van der Waals surface area contributed by atoms with Crippen molar-refractivity contribution in [2.24, 2.45) is 5.41 Å². The van der Waals surface area contributed by atoms with Gasteiger partial charge < -0.3 is 15.2 Å². The third-order valence-electron chi connectivity index (χ3n) is 2.94. The molecule has 1 rings (SSSR count). The highest BCUT2D eigenvalue weighted by Gasteiger charge is 2.27. The normalized spacial score (nSPS) is 11.0. The van der Waals surface area contributed by atoms with Gasteiger partial charge in [-0.2, -0.15) is 0 Å². The van der Waals surface area contributed by atoms with Gasteiger partial charge in [-0.1, -0.05) is 17.7 Å². The van der Waals surface area contributed by atoms with Crippen LogP contribution in [0.4, 0.5) is 0 Å². The molecule has 0 unspecified atom stereocenters. The summed E-state index contributed by atoms with van der Waals surface area (Å²) in [5, 5.41) is 12.0. The number of halogens is 1. The van der Waals surface area contributed by atoms with E-state index in [4.69, 9.17) is 21.4 Å². The van der Waals surface area contributed by atoms with Crippen LogP contribution >= 0.6 is 11.6 Å². The van der Waals surface area contributed by atoms with Gasteiger partial charge in [0.05, 0.1) is 18.9 Å². The fourth-order valence-corrected chi connectivity index (χ4v) is 1.75. The smallest absolute Gasteiger partial charge is 0.310 e. The molecule has 0 atom stereocenters. The Hall–Kier alpha value is -1.75. The molecular weight excluding hydrogens is 282 g/mol. The third kappa shape index (κ3) is 4.13. The molecule has 0 aliphatic carbocycles. The molecule has 6 heteroatoms. The Kier molecular flexibility index (Phi) is 5.39. The lowest BCUT2D eigenvalue weighted by molar-refractivity contribution is -0.146. The van der Waals surface area contributed by atoms with Crippen LogP contribution in [0.15, 0.2) is 18.2 Å². The summed E-state index contributed by atoms with van der Waals surface area (Å²) in [6.45, 7) is 3.14. The summed E-state index contributed by atoms with van der Waals surface area (Å²) in [4.78, 5) is 22.8. The maximum absolute atomic E-state index is 11.9. The first-order valence-corrected chi connectivity index (χ1v) is 6.47. The van der Waals surface area contributed by atoms with Crippen molar-refractivity contribution >= 4 is 23.5 Å². The standard InChI is InChI=1S/C14H18ClNO4/c1-14(2,13(18)19)8-16-12(17)7-9-10(15)5-4-6-11(9)20-3/h4-6H,7-8H2,1-3H3,(H,16,17)(H,18,19). The van der Waals surface area contributed by atoms with Crippen molar-refractivity contribution in [1.82, 2.24) is 5.32 Å². The lowest BCUT2D eigenvalue weighted by Gasteiger charge is -2.19. The molecular formula is C14H18ClNO4. The molecule has 0 saturated heterocycles. The minimum absolute atomic E-state index is 0.0402. The predicted molar refractivity (Wildman–Crippen MR) is 76.1 cm³/mol. The second kappa shape index (κ2) is 6.61. The summed E-state index contributed by atoms with van der Waals surface area (Å²) in [6.07, 6.45) is 0.0402. The van der Waals surface area contributed by atoms with Crippen LogP contribution < -0.4 is 10.1 Å². The number of nitrogens with one attached hydrogen (secondary N) is 1. The number of hydrogen-bond donors (Lipinski definition) is 2. The molecule has 2 N–H and O–H groups in total. The van der Waals surface area contributed by atoms with Crippen LogP contribution in [0, 0.1) is 5.41 Å². The molecule has 5 nitrogen and oxygen atoms in total. The molecule has 1 aromatic rings. The van der Waals surface area contributed by atoms with Crippen LogP contribution in [0.5, 0.6) is 5.75 Å². The molecule has 0 spiro atoms. The first kappa shape index (κ1) is 16.3. The van der Waals surface area contributed by atoms with E-state index in [-0.39, 0.29) is 18.9 Å². The van der Waals surface area contributed by atoms with E-state index < -0.39 is 11.4 Å². The Balaban J connectivity index is 2.71. The Bertz CT molecular complexity index is 514. The van der Waals surface area contributed by atoms with Crippen molar-refractivity contribution in [2.45, 2.75) is 20.3 Å². The maximum Gasteiger partial charge on any atom is 0.310 e. The SMILES string of the molecule is COc1cccc(Cl)c1CC(=O)NCC(C)(C)C(=O)O. The average molecular weight is 300 g/mol. The van der Waals surface area contributed by atoms with E-state index in [1.165, 1.54) is 7.11 Å². The van der Waals surface area contributed by atoms with Gasteiger partial charge >= 0.3 is 5.97 Å². The van der Waals surface area contributed by atoms with Crippen LogP contribution in [-0.4, -0.2) is 30.6 Å². The second-order valence-corrected chi connectivity index (χ2v) is 5.47. The summed E-state index contributed by atoms with van der Waals surface area (Å²) in [6, 6.07) is 5.12. The molecule has 0 fully saturated rings.